The van der Waals surface area contributed by atoms with Crippen molar-refractivity contribution >= 4 is 46.0 Å². The molecule has 12 nitrogen and oxygen atoms in total. The van der Waals surface area contributed by atoms with Gasteiger partial charge in [-0.25, -0.2) is 4.79 Å². The first-order chi connectivity index (χ1) is 18.3. The number of hydrogen-bond acceptors (Lipinski definition) is 9. The molecular formula is C26H23N3O9. The number of esters is 1. The van der Waals surface area contributed by atoms with Gasteiger partial charge < -0.3 is 14.2 Å². The summed E-state index contributed by atoms with van der Waals surface area (Å²) in [4.78, 5) is 60.8. The fourth-order valence-electron chi connectivity index (χ4n) is 3.97. The number of anilines is 1. The second kappa shape index (κ2) is 11.5. The number of nitro groups is 1. The zero-order valence-corrected chi connectivity index (χ0v) is 20.3. The summed E-state index contributed by atoms with van der Waals surface area (Å²) in [6.07, 6.45) is -0.773. The molecule has 4 rings (SSSR count). The van der Waals surface area contributed by atoms with E-state index in [1.165, 1.54) is 37.3 Å². The van der Waals surface area contributed by atoms with Crippen LogP contribution in [0.15, 0.2) is 54.6 Å². The van der Waals surface area contributed by atoms with Crippen LogP contribution in [0.25, 0.3) is 10.8 Å². The lowest BCUT2D eigenvalue weighted by molar-refractivity contribution is -0.384. The molecule has 0 bridgehead atoms. The van der Waals surface area contributed by atoms with E-state index >= 15 is 0 Å². The number of carbonyl (C=O) groups excluding carboxylic acids is 4. The third kappa shape index (κ3) is 5.76. The van der Waals surface area contributed by atoms with Gasteiger partial charge in [-0.2, -0.15) is 0 Å². The molecule has 3 aromatic carbocycles. The van der Waals surface area contributed by atoms with Crippen molar-refractivity contribution in [2.45, 2.75) is 13.5 Å². The quantitative estimate of drug-likeness (QED) is 0.138. The third-order valence-corrected chi connectivity index (χ3v) is 5.74. The minimum absolute atomic E-state index is 0.0164. The Balaban J connectivity index is 1.43. The van der Waals surface area contributed by atoms with Crippen LogP contribution in [0, 0.1) is 10.1 Å². The van der Waals surface area contributed by atoms with Gasteiger partial charge in [0.2, 0.25) is 0 Å². The number of imide groups is 1. The number of amides is 3. The fraction of sp³-hybridized carbons (Fsp3) is 0.231. The Bertz CT molecular complexity index is 1400. The van der Waals surface area contributed by atoms with Gasteiger partial charge in [0, 0.05) is 41.0 Å². The van der Waals surface area contributed by atoms with E-state index in [0.29, 0.717) is 33.2 Å². The van der Waals surface area contributed by atoms with Crippen molar-refractivity contribution in [3.8, 4) is 0 Å². The molecule has 196 valence electrons. The lowest BCUT2D eigenvalue weighted by atomic mass is 9.93. The Morgan fingerprint density at radius 3 is 2.32 bits per heavy atom. The Hall–Kier alpha value is -4.84. The number of rotatable bonds is 10. The number of benzene rings is 3. The van der Waals surface area contributed by atoms with E-state index in [-0.39, 0.29) is 38.7 Å². The summed E-state index contributed by atoms with van der Waals surface area (Å²) in [5.41, 5.74) is 1.45. The van der Waals surface area contributed by atoms with E-state index in [9.17, 15) is 29.3 Å². The largest absolute Gasteiger partial charge is 0.463 e. The van der Waals surface area contributed by atoms with Gasteiger partial charge in [0.25, 0.3) is 17.5 Å². The van der Waals surface area contributed by atoms with Crippen molar-refractivity contribution < 1.29 is 38.3 Å². The van der Waals surface area contributed by atoms with Crippen LogP contribution in [-0.2, 0) is 25.6 Å². The number of nitrogens with zero attached hydrogens (tertiary/aromatic N) is 2. The number of hydrogen-bond donors (Lipinski definition) is 1. The highest BCUT2D eigenvalue weighted by Crippen LogP contribution is 2.34. The molecule has 0 saturated carbocycles. The van der Waals surface area contributed by atoms with Crippen LogP contribution >= 0.6 is 0 Å². The maximum atomic E-state index is 13.1. The van der Waals surface area contributed by atoms with Gasteiger partial charge in [-0.05, 0) is 35.9 Å². The number of non-ortho nitro benzene ring substituents is 1. The van der Waals surface area contributed by atoms with E-state index in [0.717, 1.165) is 4.90 Å². The topological polar surface area (TPSA) is 154 Å². The standard InChI is InChI=1S/C26H23N3O9/c1-16(30)37-14-13-36-12-11-28-24(31)20-4-2-3-19-22(10-9-21(23(19)20)25(28)32)27-26(33)38-15-17-5-7-18(8-6-17)29(34)35/h2-10H,11-15H2,1H3,(H,27,33). The van der Waals surface area contributed by atoms with Gasteiger partial charge in [0.15, 0.2) is 0 Å². The van der Waals surface area contributed by atoms with Gasteiger partial charge in [-0.1, -0.05) is 12.1 Å². The van der Waals surface area contributed by atoms with E-state index in [1.54, 1.807) is 24.3 Å². The van der Waals surface area contributed by atoms with Crippen LogP contribution < -0.4 is 5.32 Å². The van der Waals surface area contributed by atoms with Crippen LogP contribution in [0.1, 0.15) is 33.2 Å². The fourth-order valence-corrected chi connectivity index (χ4v) is 3.97. The van der Waals surface area contributed by atoms with Crippen molar-refractivity contribution in [3.63, 3.8) is 0 Å². The molecule has 0 unspecified atom stereocenters. The molecule has 3 aromatic rings. The van der Waals surface area contributed by atoms with E-state index in [1.807, 2.05) is 0 Å². The van der Waals surface area contributed by atoms with Crippen molar-refractivity contribution in [3.05, 3.63) is 81.4 Å². The molecule has 0 fully saturated rings. The maximum absolute atomic E-state index is 13.1. The molecule has 3 amide bonds. The first kappa shape index (κ1) is 26.2. The molecule has 0 aromatic heterocycles. The van der Waals surface area contributed by atoms with Gasteiger partial charge in [0.1, 0.15) is 13.2 Å². The number of carbonyl (C=O) groups is 4. The zero-order chi connectivity index (χ0) is 27.2. The summed E-state index contributed by atoms with van der Waals surface area (Å²) >= 11 is 0. The van der Waals surface area contributed by atoms with Gasteiger partial charge >= 0.3 is 12.1 Å². The SMILES string of the molecule is CC(=O)OCCOCCN1C(=O)c2cccc3c(NC(=O)OCc4ccc([N+](=O)[O-])cc4)ccc(c23)C1=O. The smallest absolute Gasteiger partial charge is 0.411 e. The average Bonchev–Trinajstić information content (AvgIpc) is 2.90. The Labute approximate surface area is 216 Å². The Morgan fingerprint density at radius 2 is 1.63 bits per heavy atom. The maximum Gasteiger partial charge on any atom is 0.411 e. The molecular weight excluding hydrogens is 498 g/mol. The predicted molar refractivity (Wildman–Crippen MR) is 134 cm³/mol. The molecule has 1 heterocycles. The van der Waals surface area contributed by atoms with Crippen LogP contribution in [0.3, 0.4) is 0 Å². The molecule has 0 saturated heterocycles. The van der Waals surface area contributed by atoms with Crippen molar-refractivity contribution in [2.75, 3.05) is 31.7 Å². The average molecular weight is 521 g/mol. The second-order valence-electron chi connectivity index (χ2n) is 8.23. The highest BCUT2D eigenvalue weighted by molar-refractivity contribution is 6.27. The lowest BCUT2D eigenvalue weighted by Crippen LogP contribution is -2.42. The molecule has 12 heteroatoms. The highest BCUT2D eigenvalue weighted by Gasteiger charge is 2.33. The summed E-state index contributed by atoms with van der Waals surface area (Å²) in [6.45, 7) is 1.48. The van der Waals surface area contributed by atoms with Crippen molar-refractivity contribution in [1.29, 1.82) is 0 Å². The summed E-state index contributed by atoms with van der Waals surface area (Å²) in [7, 11) is 0. The molecule has 0 radical (unpaired) electrons. The zero-order valence-electron chi connectivity index (χ0n) is 20.3. The molecule has 1 aliphatic rings. The molecule has 0 atom stereocenters. The Morgan fingerprint density at radius 1 is 0.921 bits per heavy atom. The van der Waals surface area contributed by atoms with Gasteiger partial charge in [-0.3, -0.25) is 34.7 Å². The van der Waals surface area contributed by atoms with Crippen LogP contribution in [0.5, 0.6) is 0 Å². The molecule has 0 spiro atoms. The summed E-state index contributed by atoms with van der Waals surface area (Å²) in [6, 6.07) is 13.6. The van der Waals surface area contributed by atoms with E-state index in [2.05, 4.69) is 5.32 Å². The van der Waals surface area contributed by atoms with Crippen molar-refractivity contribution in [1.82, 2.24) is 4.90 Å². The number of ether oxygens (including phenoxy) is 3. The molecule has 1 N–H and O–H groups in total. The minimum atomic E-state index is -0.773. The molecule has 38 heavy (non-hydrogen) atoms. The first-order valence-corrected chi connectivity index (χ1v) is 11.6. The minimum Gasteiger partial charge on any atom is -0.463 e. The van der Waals surface area contributed by atoms with Crippen LogP contribution in [0.2, 0.25) is 0 Å². The van der Waals surface area contributed by atoms with Crippen LogP contribution in [0.4, 0.5) is 16.2 Å². The molecule has 0 aliphatic carbocycles. The van der Waals surface area contributed by atoms with E-state index < -0.39 is 28.8 Å². The first-order valence-electron chi connectivity index (χ1n) is 11.6. The summed E-state index contributed by atoms with van der Waals surface area (Å²) < 4.78 is 15.4. The summed E-state index contributed by atoms with van der Waals surface area (Å²) in [5.74, 6) is -1.41. The van der Waals surface area contributed by atoms with Crippen molar-refractivity contribution in [2.24, 2.45) is 0 Å². The monoisotopic (exact) mass is 521 g/mol. The highest BCUT2D eigenvalue weighted by atomic mass is 16.6. The van der Waals surface area contributed by atoms with Gasteiger partial charge in [-0.15, -0.1) is 0 Å². The summed E-state index contributed by atoms with van der Waals surface area (Å²) in [5, 5.41) is 14.3. The number of nitro benzene ring substituents is 1. The normalized spacial score (nSPS) is 12.4. The number of nitrogens with one attached hydrogen (secondary N) is 1. The lowest BCUT2D eigenvalue weighted by Gasteiger charge is -2.27. The Kier molecular flexibility index (Phi) is 7.92. The van der Waals surface area contributed by atoms with E-state index in [4.69, 9.17) is 14.2 Å². The van der Waals surface area contributed by atoms with Crippen LogP contribution in [-0.4, -0.2) is 60.1 Å². The predicted octanol–water partition coefficient (Wildman–Crippen LogP) is 3.67. The molecule has 1 aliphatic heterocycles. The second-order valence-corrected chi connectivity index (χ2v) is 8.23. The van der Waals surface area contributed by atoms with Gasteiger partial charge in [0.05, 0.1) is 30.4 Å². The third-order valence-electron chi connectivity index (χ3n) is 5.74.